The minimum atomic E-state index is -1.53. The molecule has 0 aromatic carbocycles. The lowest BCUT2D eigenvalue weighted by Gasteiger charge is -2.16. The average molecular weight is 272 g/mol. The van der Waals surface area contributed by atoms with Gasteiger partial charge in [-0.15, -0.1) is 17.9 Å². The van der Waals surface area contributed by atoms with Gasteiger partial charge in [-0.25, -0.2) is 4.79 Å². The maximum Gasteiger partial charge on any atom is 0.333 e. The topological polar surface area (TPSA) is 32.8 Å². The zero-order chi connectivity index (χ0) is 14.1. The number of hydrogen-bond acceptors (Lipinski definition) is 4. The first-order valence-corrected chi connectivity index (χ1v) is 5.37. The summed E-state index contributed by atoms with van der Waals surface area (Å²) in [6.07, 6.45) is 0.482. The monoisotopic (exact) mass is 272 g/mol. The maximum atomic E-state index is 12.2. The second-order valence-corrected chi connectivity index (χ2v) is 3.81. The molecule has 0 bridgehead atoms. The first-order valence-electron chi connectivity index (χ1n) is 5.37. The molecule has 18 heavy (non-hydrogen) atoms. The maximum absolute atomic E-state index is 12.2. The van der Waals surface area contributed by atoms with E-state index in [2.05, 4.69) is 6.58 Å². The zero-order valence-corrected chi connectivity index (χ0v) is 10.0. The zero-order valence-electron chi connectivity index (χ0n) is 10.0. The van der Waals surface area contributed by atoms with Gasteiger partial charge in [-0.05, 0) is 26.2 Å². The van der Waals surface area contributed by atoms with E-state index in [-0.39, 0.29) is 25.0 Å². The van der Waals surface area contributed by atoms with E-state index in [1.807, 2.05) is 0 Å². The van der Waals surface area contributed by atoms with E-state index >= 15 is 0 Å². The van der Waals surface area contributed by atoms with E-state index in [0.29, 0.717) is 6.42 Å². The molecule has 0 aliphatic carbocycles. The number of unbranched alkanes of at least 4 members (excludes halogenated alkanes) is 1. The van der Waals surface area contributed by atoms with E-state index in [1.54, 1.807) is 0 Å². The molecule has 0 aliphatic rings. The molecule has 0 aromatic heterocycles. The summed E-state index contributed by atoms with van der Waals surface area (Å²) in [6, 6.07) is -1.53. The number of carbonyl (C=O) groups is 1. The summed E-state index contributed by atoms with van der Waals surface area (Å²) in [4.78, 5) is 10.9. The lowest BCUT2D eigenvalue weighted by molar-refractivity contribution is -0.231. The minimum Gasteiger partial charge on any atom is -0.462 e. The van der Waals surface area contributed by atoms with Gasteiger partial charge in [-0.2, -0.15) is 0 Å². The number of esters is 1. The third-order valence-corrected chi connectivity index (χ3v) is 2.14. The summed E-state index contributed by atoms with van der Waals surface area (Å²) in [6.45, 7) is 3.89. The SMILES string of the molecule is C=C(C)C(=O)OCCCCC(CN(F)F)N(F)F. The van der Waals surface area contributed by atoms with E-state index in [4.69, 9.17) is 4.74 Å². The molecule has 0 fully saturated rings. The van der Waals surface area contributed by atoms with Crippen LogP contribution in [0, 0.1) is 0 Å². The molecular weight excluding hydrogens is 256 g/mol. The Morgan fingerprint density at radius 3 is 2.33 bits per heavy atom. The van der Waals surface area contributed by atoms with Crippen molar-refractivity contribution >= 4 is 5.97 Å². The van der Waals surface area contributed by atoms with Gasteiger partial charge in [-0.3, -0.25) is 0 Å². The summed E-state index contributed by atoms with van der Waals surface area (Å²) in [5.41, 5.74) is 0.247. The first-order chi connectivity index (χ1) is 8.34. The molecular formula is C10H16F4N2O2. The first kappa shape index (κ1) is 16.9. The van der Waals surface area contributed by atoms with Gasteiger partial charge in [-0.1, -0.05) is 6.58 Å². The van der Waals surface area contributed by atoms with Gasteiger partial charge < -0.3 is 4.74 Å². The molecule has 0 aliphatic heterocycles. The highest BCUT2D eigenvalue weighted by molar-refractivity contribution is 5.86. The molecule has 4 nitrogen and oxygen atoms in total. The van der Waals surface area contributed by atoms with Crippen LogP contribution in [0.5, 0.6) is 0 Å². The van der Waals surface area contributed by atoms with Crippen molar-refractivity contribution in [3.05, 3.63) is 12.2 Å². The minimum absolute atomic E-state index is 0.0615. The fourth-order valence-corrected chi connectivity index (χ4v) is 1.18. The number of nitrogens with zero attached hydrogens (tertiary/aromatic N) is 2. The lowest BCUT2D eigenvalue weighted by atomic mass is 10.1. The predicted octanol–water partition coefficient (Wildman–Crippen LogP) is 2.79. The average Bonchev–Trinajstić information content (AvgIpc) is 2.25. The van der Waals surface area contributed by atoms with Crippen LogP contribution in [0.15, 0.2) is 12.2 Å². The third kappa shape index (κ3) is 8.02. The van der Waals surface area contributed by atoms with Gasteiger partial charge in [0.2, 0.25) is 0 Å². The van der Waals surface area contributed by atoms with Crippen molar-refractivity contribution in [1.82, 2.24) is 10.7 Å². The number of carbonyl (C=O) groups excluding carboxylic acids is 1. The standard InChI is InChI=1S/C10H16F4N2O2/c1-8(2)10(17)18-6-4-3-5-9(16(13)14)7-15(11)12/h9H,1,3-7H2,2H3. The molecule has 106 valence electrons. The van der Waals surface area contributed by atoms with E-state index < -0.39 is 29.2 Å². The highest BCUT2D eigenvalue weighted by Gasteiger charge is 2.21. The van der Waals surface area contributed by atoms with Crippen LogP contribution in [0.2, 0.25) is 0 Å². The summed E-state index contributed by atoms with van der Waals surface area (Å²) in [7, 11) is 0. The van der Waals surface area contributed by atoms with Crippen molar-refractivity contribution in [2.75, 3.05) is 13.2 Å². The van der Waals surface area contributed by atoms with Crippen LogP contribution in [-0.2, 0) is 9.53 Å². The van der Waals surface area contributed by atoms with Gasteiger partial charge in [0.05, 0.1) is 19.2 Å². The molecule has 0 spiro atoms. The number of rotatable bonds is 9. The second-order valence-electron chi connectivity index (χ2n) is 3.81. The summed E-state index contributed by atoms with van der Waals surface area (Å²) < 4.78 is 52.7. The van der Waals surface area contributed by atoms with Crippen molar-refractivity contribution in [2.24, 2.45) is 0 Å². The van der Waals surface area contributed by atoms with Crippen LogP contribution >= 0.6 is 0 Å². The largest absolute Gasteiger partial charge is 0.462 e. The molecule has 1 unspecified atom stereocenters. The van der Waals surface area contributed by atoms with Crippen molar-refractivity contribution < 1.29 is 27.5 Å². The number of halogens is 4. The Hall–Kier alpha value is -1.15. The Labute approximate surface area is 103 Å². The van der Waals surface area contributed by atoms with Crippen LogP contribution in [0.3, 0.4) is 0 Å². The van der Waals surface area contributed by atoms with Crippen molar-refractivity contribution in [3.8, 4) is 0 Å². The summed E-state index contributed by atoms with van der Waals surface area (Å²) >= 11 is 0. The fraction of sp³-hybridized carbons (Fsp3) is 0.700. The molecule has 0 saturated heterocycles. The van der Waals surface area contributed by atoms with E-state index in [0.717, 1.165) is 0 Å². The Morgan fingerprint density at radius 2 is 1.89 bits per heavy atom. The van der Waals surface area contributed by atoms with Gasteiger partial charge in [0.1, 0.15) is 0 Å². The van der Waals surface area contributed by atoms with Crippen LogP contribution in [0.25, 0.3) is 0 Å². The van der Waals surface area contributed by atoms with E-state index in [9.17, 15) is 22.7 Å². The normalized spacial score (nSPS) is 12.8. The van der Waals surface area contributed by atoms with Crippen molar-refractivity contribution in [1.29, 1.82) is 0 Å². The Balaban J connectivity index is 3.74. The van der Waals surface area contributed by atoms with Gasteiger partial charge >= 0.3 is 5.97 Å². The molecule has 0 saturated carbocycles. The molecule has 0 amide bonds. The fourth-order valence-electron chi connectivity index (χ4n) is 1.18. The highest BCUT2D eigenvalue weighted by Crippen LogP contribution is 2.12. The second kappa shape index (κ2) is 8.87. The smallest absolute Gasteiger partial charge is 0.333 e. The number of ether oxygens (including phenoxy) is 1. The molecule has 0 rings (SSSR count). The van der Waals surface area contributed by atoms with Gasteiger partial charge in [0.15, 0.2) is 0 Å². The summed E-state index contributed by atoms with van der Waals surface area (Å²) in [5, 5.41) is -2.51. The summed E-state index contributed by atoms with van der Waals surface area (Å²) in [5.74, 6) is -0.553. The van der Waals surface area contributed by atoms with Crippen molar-refractivity contribution in [2.45, 2.75) is 32.2 Å². The molecule has 8 heteroatoms. The Morgan fingerprint density at radius 1 is 1.28 bits per heavy atom. The lowest BCUT2D eigenvalue weighted by Crippen LogP contribution is -2.30. The van der Waals surface area contributed by atoms with E-state index in [1.165, 1.54) is 6.92 Å². The Kier molecular flexibility index (Phi) is 8.30. The third-order valence-electron chi connectivity index (χ3n) is 2.14. The Bertz CT molecular complexity index is 275. The molecule has 0 heterocycles. The molecule has 0 N–H and O–H groups in total. The van der Waals surface area contributed by atoms with Crippen LogP contribution in [0.1, 0.15) is 26.2 Å². The highest BCUT2D eigenvalue weighted by atomic mass is 19.4. The molecule has 1 atom stereocenters. The van der Waals surface area contributed by atoms with Gasteiger partial charge in [0, 0.05) is 16.3 Å². The molecule has 0 radical (unpaired) electrons. The van der Waals surface area contributed by atoms with Gasteiger partial charge in [0.25, 0.3) is 0 Å². The van der Waals surface area contributed by atoms with Crippen molar-refractivity contribution in [3.63, 3.8) is 0 Å². The van der Waals surface area contributed by atoms with Crippen LogP contribution in [-0.4, -0.2) is 35.9 Å². The van der Waals surface area contributed by atoms with Crippen LogP contribution in [0.4, 0.5) is 17.9 Å². The quantitative estimate of drug-likeness (QED) is 0.212. The van der Waals surface area contributed by atoms with Crippen LogP contribution < -0.4 is 0 Å². The predicted molar refractivity (Wildman–Crippen MR) is 56.4 cm³/mol. The molecule has 0 aromatic rings. The number of hydrogen-bond donors (Lipinski definition) is 0.